The van der Waals surface area contributed by atoms with Crippen molar-refractivity contribution in [2.75, 3.05) is 19.8 Å². The predicted molar refractivity (Wildman–Crippen MR) is 57.6 cm³/mol. The van der Waals surface area contributed by atoms with Gasteiger partial charge in [-0.1, -0.05) is 0 Å². The van der Waals surface area contributed by atoms with Gasteiger partial charge < -0.3 is 15.4 Å². The SMILES string of the molecule is CC1(NC(=O)C2CCCN2)CCOCC1. The van der Waals surface area contributed by atoms with E-state index in [1.54, 1.807) is 0 Å². The zero-order valence-corrected chi connectivity index (χ0v) is 9.34. The molecule has 2 aliphatic heterocycles. The lowest BCUT2D eigenvalue weighted by Gasteiger charge is -2.35. The van der Waals surface area contributed by atoms with Crippen LogP contribution in [-0.4, -0.2) is 37.2 Å². The average Bonchev–Trinajstić information content (AvgIpc) is 2.70. The number of carbonyl (C=O) groups is 1. The van der Waals surface area contributed by atoms with E-state index in [0.717, 1.165) is 45.4 Å². The van der Waals surface area contributed by atoms with Gasteiger partial charge in [-0.25, -0.2) is 0 Å². The first-order valence-electron chi connectivity index (χ1n) is 5.83. The molecule has 0 saturated carbocycles. The van der Waals surface area contributed by atoms with Gasteiger partial charge in [0.25, 0.3) is 0 Å². The molecule has 4 heteroatoms. The topological polar surface area (TPSA) is 50.4 Å². The zero-order chi connectivity index (χ0) is 10.7. The molecule has 0 aromatic rings. The van der Waals surface area contributed by atoms with Crippen LogP contribution in [0.5, 0.6) is 0 Å². The molecule has 0 aliphatic carbocycles. The summed E-state index contributed by atoms with van der Waals surface area (Å²) in [6.45, 7) is 4.60. The van der Waals surface area contributed by atoms with Crippen LogP contribution in [-0.2, 0) is 9.53 Å². The lowest BCUT2D eigenvalue weighted by molar-refractivity contribution is -0.125. The van der Waals surface area contributed by atoms with Crippen LogP contribution in [0.15, 0.2) is 0 Å². The van der Waals surface area contributed by atoms with Crippen molar-refractivity contribution in [2.45, 2.75) is 44.2 Å². The Kier molecular flexibility index (Phi) is 3.26. The highest BCUT2D eigenvalue weighted by molar-refractivity contribution is 5.82. The van der Waals surface area contributed by atoms with E-state index in [2.05, 4.69) is 17.6 Å². The average molecular weight is 212 g/mol. The van der Waals surface area contributed by atoms with E-state index in [0.29, 0.717) is 0 Å². The van der Waals surface area contributed by atoms with Crippen molar-refractivity contribution in [3.05, 3.63) is 0 Å². The number of ether oxygens (including phenoxy) is 1. The molecule has 0 spiro atoms. The Morgan fingerprint density at radius 3 is 2.80 bits per heavy atom. The number of hydrogen-bond donors (Lipinski definition) is 2. The highest BCUT2D eigenvalue weighted by Gasteiger charge is 2.32. The van der Waals surface area contributed by atoms with Crippen LogP contribution in [0.3, 0.4) is 0 Å². The van der Waals surface area contributed by atoms with E-state index < -0.39 is 0 Å². The largest absolute Gasteiger partial charge is 0.381 e. The maximum absolute atomic E-state index is 11.9. The van der Waals surface area contributed by atoms with E-state index in [9.17, 15) is 4.79 Å². The van der Waals surface area contributed by atoms with Gasteiger partial charge in [0.1, 0.15) is 0 Å². The summed E-state index contributed by atoms with van der Waals surface area (Å²) in [6, 6.07) is 0.0321. The van der Waals surface area contributed by atoms with Crippen LogP contribution < -0.4 is 10.6 Å². The third-order valence-corrected chi connectivity index (χ3v) is 3.40. The van der Waals surface area contributed by atoms with Gasteiger partial charge in [0.05, 0.1) is 6.04 Å². The van der Waals surface area contributed by atoms with Gasteiger partial charge in [0.2, 0.25) is 5.91 Å². The summed E-state index contributed by atoms with van der Waals surface area (Å²) in [6.07, 6.45) is 3.92. The summed E-state index contributed by atoms with van der Waals surface area (Å²) in [5.74, 6) is 0.164. The van der Waals surface area contributed by atoms with Crippen LogP contribution >= 0.6 is 0 Å². The summed E-state index contributed by atoms with van der Waals surface area (Å²) in [5.41, 5.74) is -0.0559. The Morgan fingerprint density at radius 2 is 2.20 bits per heavy atom. The monoisotopic (exact) mass is 212 g/mol. The van der Waals surface area contributed by atoms with Crippen LogP contribution in [0.2, 0.25) is 0 Å². The molecule has 0 aromatic carbocycles. The molecule has 2 aliphatic rings. The van der Waals surface area contributed by atoms with E-state index in [1.165, 1.54) is 0 Å². The molecule has 1 atom stereocenters. The molecule has 2 heterocycles. The highest BCUT2D eigenvalue weighted by Crippen LogP contribution is 2.20. The fourth-order valence-corrected chi connectivity index (χ4v) is 2.24. The third-order valence-electron chi connectivity index (χ3n) is 3.40. The second-order valence-electron chi connectivity index (χ2n) is 4.81. The van der Waals surface area contributed by atoms with E-state index in [-0.39, 0.29) is 17.5 Å². The molecule has 2 rings (SSSR count). The maximum atomic E-state index is 11.9. The number of amides is 1. The van der Waals surface area contributed by atoms with Gasteiger partial charge in [0.15, 0.2) is 0 Å². The van der Waals surface area contributed by atoms with Crippen molar-refractivity contribution >= 4 is 5.91 Å². The molecule has 86 valence electrons. The van der Waals surface area contributed by atoms with Crippen molar-refractivity contribution < 1.29 is 9.53 Å². The fourth-order valence-electron chi connectivity index (χ4n) is 2.24. The van der Waals surface area contributed by atoms with Gasteiger partial charge >= 0.3 is 0 Å². The van der Waals surface area contributed by atoms with Crippen molar-refractivity contribution in [1.82, 2.24) is 10.6 Å². The number of hydrogen-bond acceptors (Lipinski definition) is 3. The Labute approximate surface area is 90.8 Å². The lowest BCUT2D eigenvalue weighted by Crippen LogP contribution is -2.54. The maximum Gasteiger partial charge on any atom is 0.237 e. The van der Waals surface area contributed by atoms with E-state index >= 15 is 0 Å². The predicted octanol–water partition coefficient (Wildman–Crippen LogP) is 0.424. The van der Waals surface area contributed by atoms with E-state index in [1.807, 2.05) is 0 Å². The molecule has 4 nitrogen and oxygen atoms in total. The highest BCUT2D eigenvalue weighted by atomic mass is 16.5. The normalized spacial score (nSPS) is 30.1. The van der Waals surface area contributed by atoms with Gasteiger partial charge in [0, 0.05) is 18.8 Å². The Hall–Kier alpha value is -0.610. The molecule has 1 amide bonds. The molecule has 0 radical (unpaired) electrons. The second-order valence-corrected chi connectivity index (χ2v) is 4.81. The Bertz CT molecular complexity index is 231. The minimum Gasteiger partial charge on any atom is -0.381 e. The summed E-state index contributed by atoms with van der Waals surface area (Å²) in [4.78, 5) is 11.9. The lowest BCUT2D eigenvalue weighted by atomic mass is 9.92. The molecule has 1 unspecified atom stereocenters. The van der Waals surface area contributed by atoms with Crippen LogP contribution in [0.1, 0.15) is 32.6 Å². The molecule has 15 heavy (non-hydrogen) atoms. The number of carbonyl (C=O) groups excluding carboxylic acids is 1. The first-order chi connectivity index (χ1) is 7.20. The standard InChI is InChI=1S/C11H20N2O2/c1-11(4-7-15-8-5-11)13-10(14)9-3-2-6-12-9/h9,12H,2-8H2,1H3,(H,13,14). The van der Waals surface area contributed by atoms with Crippen LogP contribution in [0.25, 0.3) is 0 Å². The smallest absolute Gasteiger partial charge is 0.237 e. The second kappa shape index (κ2) is 4.49. The molecular formula is C11H20N2O2. The van der Waals surface area contributed by atoms with Gasteiger partial charge in [-0.15, -0.1) is 0 Å². The Morgan fingerprint density at radius 1 is 1.47 bits per heavy atom. The number of rotatable bonds is 2. The summed E-state index contributed by atoms with van der Waals surface area (Å²) >= 11 is 0. The van der Waals surface area contributed by atoms with E-state index in [4.69, 9.17) is 4.74 Å². The van der Waals surface area contributed by atoms with Crippen LogP contribution in [0, 0.1) is 0 Å². The summed E-state index contributed by atoms with van der Waals surface area (Å²) in [7, 11) is 0. The van der Waals surface area contributed by atoms with Crippen LogP contribution in [0.4, 0.5) is 0 Å². The summed E-state index contributed by atoms with van der Waals surface area (Å²) < 4.78 is 5.31. The molecular weight excluding hydrogens is 192 g/mol. The molecule has 2 N–H and O–H groups in total. The molecule has 2 saturated heterocycles. The van der Waals surface area contributed by atoms with Gasteiger partial charge in [-0.3, -0.25) is 4.79 Å². The van der Waals surface area contributed by atoms with Crippen molar-refractivity contribution in [2.24, 2.45) is 0 Å². The van der Waals surface area contributed by atoms with Crippen molar-refractivity contribution in [3.63, 3.8) is 0 Å². The minimum atomic E-state index is -0.0559. The first-order valence-corrected chi connectivity index (χ1v) is 5.83. The molecule has 2 fully saturated rings. The third kappa shape index (κ3) is 2.69. The first kappa shape index (κ1) is 10.9. The fraction of sp³-hybridized carbons (Fsp3) is 0.909. The van der Waals surface area contributed by atoms with Crippen molar-refractivity contribution in [1.29, 1.82) is 0 Å². The quantitative estimate of drug-likeness (QED) is 0.697. The minimum absolute atomic E-state index is 0.0321. The zero-order valence-electron chi connectivity index (χ0n) is 9.34. The number of nitrogens with one attached hydrogen (secondary N) is 2. The molecule has 0 bridgehead atoms. The van der Waals surface area contributed by atoms with Gasteiger partial charge in [-0.05, 0) is 39.2 Å². The van der Waals surface area contributed by atoms with Gasteiger partial charge in [-0.2, -0.15) is 0 Å². The molecule has 0 aromatic heterocycles. The Balaban J connectivity index is 1.86. The summed E-state index contributed by atoms with van der Waals surface area (Å²) in [5, 5.41) is 6.38. The van der Waals surface area contributed by atoms with Crippen molar-refractivity contribution in [3.8, 4) is 0 Å².